The molecule has 0 spiro atoms. The number of H-pyrrole nitrogens is 1. The Morgan fingerprint density at radius 1 is 1.15 bits per heavy atom. The average molecular weight is 428 g/mol. The summed E-state index contributed by atoms with van der Waals surface area (Å²) in [4.78, 5) is 16.8. The lowest BCUT2D eigenvalue weighted by molar-refractivity contribution is -0.115. The summed E-state index contributed by atoms with van der Waals surface area (Å²) < 4.78 is 0. The molecule has 3 rings (SSSR count). The number of thioether (sulfide) groups is 1. The number of aromatic nitrogens is 3. The predicted octanol–water partition coefficient (Wildman–Crippen LogP) is 5.55. The van der Waals surface area contributed by atoms with E-state index < -0.39 is 5.25 Å². The smallest absolute Gasteiger partial charge is 0.237 e. The largest absolute Gasteiger partial charge is 0.324 e. The summed E-state index contributed by atoms with van der Waals surface area (Å²) in [6, 6.07) is 12.3. The van der Waals surface area contributed by atoms with Gasteiger partial charge in [0, 0.05) is 10.6 Å². The highest BCUT2D eigenvalue weighted by atomic mass is 35.5. The maximum Gasteiger partial charge on any atom is 0.237 e. The summed E-state index contributed by atoms with van der Waals surface area (Å²) in [5.41, 5.74) is 1.32. The van der Waals surface area contributed by atoms with Crippen LogP contribution in [0.2, 0.25) is 15.1 Å². The molecule has 26 heavy (non-hydrogen) atoms. The average Bonchev–Trinajstić information content (AvgIpc) is 3.08. The molecule has 2 N–H and O–H groups in total. The molecular weight excluding hydrogens is 415 g/mol. The molecule has 0 saturated heterocycles. The fraction of sp³-hybridized carbons (Fsp3) is 0.118. The van der Waals surface area contributed by atoms with Crippen molar-refractivity contribution < 1.29 is 4.79 Å². The lowest BCUT2D eigenvalue weighted by Gasteiger charge is -2.11. The molecule has 9 heteroatoms. The van der Waals surface area contributed by atoms with Crippen LogP contribution in [0.4, 0.5) is 5.69 Å². The summed E-state index contributed by atoms with van der Waals surface area (Å²) in [7, 11) is 0. The molecule has 1 aromatic heterocycles. The molecule has 1 amide bonds. The second-order valence-electron chi connectivity index (χ2n) is 5.32. The second-order valence-corrected chi connectivity index (χ2v) is 7.85. The maximum absolute atomic E-state index is 12.4. The first-order valence-corrected chi connectivity index (χ1v) is 9.55. The van der Waals surface area contributed by atoms with E-state index in [0.29, 0.717) is 31.7 Å². The highest BCUT2D eigenvalue weighted by Gasteiger charge is 2.19. The van der Waals surface area contributed by atoms with Gasteiger partial charge >= 0.3 is 0 Å². The zero-order valence-electron chi connectivity index (χ0n) is 13.5. The van der Waals surface area contributed by atoms with Crippen molar-refractivity contribution in [2.24, 2.45) is 0 Å². The SMILES string of the molecule is CC(Sc1n[nH]c(-c2ccc(Cl)cc2)n1)C(=O)Nc1cccc(Cl)c1Cl. The minimum atomic E-state index is -0.432. The third-order valence-electron chi connectivity index (χ3n) is 3.44. The van der Waals surface area contributed by atoms with Gasteiger partial charge in [-0.05, 0) is 43.3 Å². The zero-order valence-corrected chi connectivity index (χ0v) is 16.5. The first-order valence-electron chi connectivity index (χ1n) is 7.54. The van der Waals surface area contributed by atoms with Crippen LogP contribution in [0.25, 0.3) is 11.4 Å². The van der Waals surface area contributed by atoms with Crippen molar-refractivity contribution in [3.63, 3.8) is 0 Å². The van der Waals surface area contributed by atoms with Crippen LogP contribution < -0.4 is 5.32 Å². The number of anilines is 1. The third-order valence-corrected chi connectivity index (χ3v) is 5.48. The van der Waals surface area contributed by atoms with Gasteiger partial charge in [0.15, 0.2) is 5.82 Å². The Bertz CT molecular complexity index is 930. The minimum Gasteiger partial charge on any atom is -0.324 e. The Labute approximate surface area is 169 Å². The molecule has 1 unspecified atom stereocenters. The monoisotopic (exact) mass is 426 g/mol. The van der Waals surface area contributed by atoms with E-state index in [4.69, 9.17) is 34.8 Å². The Hall–Kier alpha value is -1.73. The number of nitrogens with zero attached hydrogens (tertiary/aromatic N) is 2. The van der Waals surface area contributed by atoms with Crippen LogP contribution in [0.15, 0.2) is 47.6 Å². The molecule has 134 valence electrons. The Morgan fingerprint density at radius 3 is 2.62 bits per heavy atom. The maximum atomic E-state index is 12.4. The molecule has 5 nitrogen and oxygen atoms in total. The Kier molecular flexibility index (Phi) is 6.09. The number of benzene rings is 2. The number of amides is 1. The van der Waals surface area contributed by atoms with Gasteiger partial charge in [-0.1, -0.05) is 52.6 Å². The third kappa shape index (κ3) is 4.51. The van der Waals surface area contributed by atoms with Crippen LogP contribution in [0.3, 0.4) is 0 Å². The van der Waals surface area contributed by atoms with Crippen molar-refractivity contribution in [2.45, 2.75) is 17.3 Å². The van der Waals surface area contributed by atoms with E-state index in [2.05, 4.69) is 20.5 Å². The number of carbonyl (C=O) groups excluding carboxylic acids is 1. The van der Waals surface area contributed by atoms with E-state index in [1.807, 2.05) is 12.1 Å². The first kappa shape index (κ1) is 19.0. The molecular formula is C17H13Cl3N4OS. The normalized spacial score (nSPS) is 12.0. The molecule has 3 aromatic rings. The topological polar surface area (TPSA) is 70.7 Å². The lowest BCUT2D eigenvalue weighted by Crippen LogP contribution is -2.22. The second kappa shape index (κ2) is 8.31. The number of nitrogens with one attached hydrogen (secondary N) is 2. The van der Waals surface area contributed by atoms with Gasteiger partial charge in [0.1, 0.15) is 0 Å². The lowest BCUT2D eigenvalue weighted by atomic mass is 10.2. The van der Waals surface area contributed by atoms with Gasteiger partial charge in [0.25, 0.3) is 0 Å². The van der Waals surface area contributed by atoms with Gasteiger partial charge in [-0.2, -0.15) is 0 Å². The predicted molar refractivity (Wildman–Crippen MR) is 107 cm³/mol. The van der Waals surface area contributed by atoms with Gasteiger partial charge < -0.3 is 5.32 Å². The van der Waals surface area contributed by atoms with Gasteiger partial charge in [-0.25, -0.2) is 4.98 Å². The summed E-state index contributed by atoms with van der Waals surface area (Å²) in [5.74, 6) is 0.381. The van der Waals surface area contributed by atoms with E-state index in [-0.39, 0.29) is 5.91 Å². The first-order chi connectivity index (χ1) is 12.4. The van der Waals surface area contributed by atoms with Crippen molar-refractivity contribution in [2.75, 3.05) is 5.32 Å². The number of halogens is 3. The summed E-state index contributed by atoms with van der Waals surface area (Å²) in [6.07, 6.45) is 0. The minimum absolute atomic E-state index is 0.225. The molecule has 0 bridgehead atoms. The van der Waals surface area contributed by atoms with Crippen LogP contribution in [0, 0.1) is 0 Å². The number of hydrogen-bond donors (Lipinski definition) is 2. The highest BCUT2D eigenvalue weighted by Crippen LogP contribution is 2.30. The van der Waals surface area contributed by atoms with Gasteiger partial charge in [-0.15, -0.1) is 5.10 Å². The summed E-state index contributed by atoms with van der Waals surface area (Å²) in [6.45, 7) is 1.76. The van der Waals surface area contributed by atoms with Crippen molar-refractivity contribution in [1.82, 2.24) is 15.2 Å². The van der Waals surface area contributed by atoms with Gasteiger partial charge in [0.2, 0.25) is 11.1 Å². The van der Waals surface area contributed by atoms with Gasteiger partial charge in [-0.3, -0.25) is 9.89 Å². The van der Waals surface area contributed by atoms with Crippen molar-refractivity contribution in [3.8, 4) is 11.4 Å². The van der Waals surface area contributed by atoms with E-state index in [1.54, 1.807) is 37.3 Å². The summed E-state index contributed by atoms with van der Waals surface area (Å²) >= 11 is 19.2. The van der Waals surface area contributed by atoms with Crippen LogP contribution in [0.5, 0.6) is 0 Å². The molecule has 0 saturated carbocycles. The number of aromatic amines is 1. The molecule has 2 aromatic carbocycles. The molecule has 0 aliphatic carbocycles. The number of carbonyl (C=O) groups is 1. The molecule has 0 aliphatic heterocycles. The molecule has 1 heterocycles. The van der Waals surface area contributed by atoms with E-state index in [0.717, 1.165) is 5.56 Å². The van der Waals surface area contributed by atoms with Crippen LogP contribution in [-0.2, 0) is 4.79 Å². The highest BCUT2D eigenvalue weighted by molar-refractivity contribution is 8.00. The summed E-state index contributed by atoms with van der Waals surface area (Å²) in [5, 5.41) is 11.1. The zero-order chi connectivity index (χ0) is 18.7. The molecule has 1 atom stereocenters. The van der Waals surface area contributed by atoms with Crippen LogP contribution in [-0.4, -0.2) is 26.3 Å². The van der Waals surface area contributed by atoms with Crippen LogP contribution in [0.1, 0.15) is 6.92 Å². The molecule has 0 radical (unpaired) electrons. The fourth-order valence-corrected chi connectivity index (χ4v) is 3.28. The Morgan fingerprint density at radius 2 is 1.88 bits per heavy atom. The van der Waals surface area contributed by atoms with E-state index >= 15 is 0 Å². The van der Waals surface area contributed by atoms with Crippen molar-refractivity contribution in [1.29, 1.82) is 0 Å². The van der Waals surface area contributed by atoms with Crippen molar-refractivity contribution in [3.05, 3.63) is 57.5 Å². The standard InChI is InChI=1S/C17H13Cl3N4OS/c1-9(16(25)21-13-4-2-3-12(19)14(13)20)26-17-22-15(23-24-17)10-5-7-11(18)8-6-10/h2-9H,1H3,(H,21,25)(H,22,23,24). The molecule has 0 aliphatic rings. The number of hydrogen-bond acceptors (Lipinski definition) is 4. The van der Waals surface area contributed by atoms with E-state index in [1.165, 1.54) is 11.8 Å². The Balaban J connectivity index is 1.66. The molecule has 0 fully saturated rings. The number of rotatable bonds is 5. The van der Waals surface area contributed by atoms with Crippen LogP contribution >= 0.6 is 46.6 Å². The van der Waals surface area contributed by atoms with E-state index in [9.17, 15) is 4.79 Å². The fourth-order valence-electron chi connectivity index (χ4n) is 2.08. The van der Waals surface area contributed by atoms with Crippen molar-refractivity contribution >= 4 is 58.2 Å². The quantitative estimate of drug-likeness (QED) is 0.524. The van der Waals surface area contributed by atoms with Gasteiger partial charge in [0.05, 0.1) is 21.0 Å².